The van der Waals surface area contributed by atoms with Crippen LogP contribution in [-0.2, 0) is 36.0 Å². The number of amides is 3. The van der Waals surface area contributed by atoms with Crippen molar-refractivity contribution >= 4 is 62.8 Å². The number of nitrogens with zero attached hydrogens (tertiary/aromatic N) is 5. The van der Waals surface area contributed by atoms with Crippen LogP contribution >= 0.6 is 23.7 Å². The van der Waals surface area contributed by atoms with Gasteiger partial charge >= 0.3 is 16.4 Å². The summed E-state index contributed by atoms with van der Waals surface area (Å²) >= 11 is 1.02. The molecule has 0 spiro atoms. The van der Waals surface area contributed by atoms with Crippen LogP contribution < -0.4 is 16.8 Å². The van der Waals surface area contributed by atoms with Crippen LogP contribution in [0.15, 0.2) is 29.3 Å². The number of nitrogens with two attached hydrogens (primary N) is 2. The maximum Gasteiger partial charge on any atom is 0.404 e. The lowest BCUT2D eigenvalue weighted by Gasteiger charge is -2.43. The van der Waals surface area contributed by atoms with Crippen LogP contribution in [0.1, 0.15) is 5.69 Å². The molecule has 1 fully saturated rings. The SMILES string of the molecule is Cl.NC(=O)OC[C@@H]1[C@H](NC(=O)C(=NOCCn2ccnc2)c2csc(N)n2)C(=O)N1S(=O)(=O)O. The highest BCUT2D eigenvalue weighted by Crippen LogP contribution is 2.24. The number of hydrogen-bond acceptors (Lipinski definition) is 12. The second-order valence-electron chi connectivity index (χ2n) is 6.40. The fourth-order valence-electron chi connectivity index (χ4n) is 2.78. The van der Waals surface area contributed by atoms with Gasteiger partial charge in [0, 0.05) is 17.8 Å². The molecule has 16 nitrogen and oxygen atoms in total. The highest BCUT2D eigenvalue weighted by Gasteiger charge is 2.54. The minimum Gasteiger partial charge on any atom is -0.447 e. The van der Waals surface area contributed by atoms with Gasteiger partial charge in [-0.1, -0.05) is 5.16 Å². The summed E-state index contributed by atoms with van der Waals surface area (Å²) in [6, 6.07) is -2.92. The van der Waals surface area contributed by atoms with E-state index in [1.54, 1.807) is 23.3 Å². The molecule has 2 aromatic heterocycles. The van der Waals surface area contributed by atoms with Crippen molar-refractivity contribution in [1.29, 1.82) is 0 Å². The van der Waals surface area contributed by atoms with Crippen molar-refractivity contribution < 1.29 is 36.9 Å². The Hall–Kier alpha value is -3.48. The standard InChI is InChI=1S/C15H18N8O8S2.ClH/c16-14-19-8(6-32-14)10(21-31-4-3-22-2-1-18-7-22)12(24)20-11-9(5-30-15(17)26)23(13(11)25)33(27,28)29;/h1-2,6-7,9,11H,3-5H2,(H2,16,19)(H2,17,26)(H,20,24)(H,27,28,29);1H/t9-,11+;/m1./s1. The summed E-state index contributed by atoms with van der Waals surface area (Å²) in [7, 11) is -4.98. The summed E-state index contributed by atoms with van der Waals surface area (Å²) in [6.45, 7) is -0.279. The average Bonchev–Trinajstić information content (AvgIpc) is 3.39. The average molecular weight is 539 g/mol. The van der Waals surface area contributed by atoms with Crippen molar-refractivity contribution in [2.45, 2.75) is 18.6 Å². The molecule has 3 amide bonds. The molecule has 0 unspecified atom stereocenters. The number of rotatable bonds is 10. The molecular weight excluding hydrogens is 520 g/mol. The van der Waals surface area contributed by atoms with Gasteiger partial charge < -0.3 is 30.9 Å². The Morgan fingerprint density at radius 2 is 2.12 bits per heavy atom. The quantitative estimate of drug-likeness (QED) is 0.0879. The first-order valence-corrected chi connectivity index (χ1v) is 11.3. The van der Waals surface area contributed by atoms with Gasteiger partial charge in [0.15, 0.2) is 10.8 Å². The van der Waals surface area contributed by atoms with Crippen LogP contribution in [0.25, 0.3) is 0 Å². The molecule has 2 atom stereocenters. The number of nitrogens with one attached hydrogen (secondary N) is 1. The molecule has 6 N–H and O–H groups in total. The largest absolute Gasteiger partial charge is 0.447 e. The van der Waals surface area contributed by atoms with Gasteiger partial charge in [0.1, 0.15) is 31.0 Å². The van der Waals surface area contributed by atoms with Crippen LogP contribution in [0, 0.1) is 0 Å². The van der Waals surface area contributed by atoms with E-state index in [9.17, 15) is 27.4 Å². The number of carbonyl (C=O) groups is 3. The Morgan fingerprint density at radius 1 is 1.38 bits per heavy atom. The van der Waals surface area contributed by atoms with Crippen molar-refractivity contribution in [2.24, 2.45) is 10.9 Å². The first-order chi connectivity index (χ1) is 15.6. The summed E-state index contributed by atoms with van der Waals surface area (Å²) in [5.41, 5.74) is 10.2. The molecule has 19 heteroatoms. The lowest BCUT2D eigenvalue weighted by atomic mass is 9.99. The second-order valence-corrected chi connectivity index (χ2v) is 8.58. The summed E-state index contributed by atoms with van der Waals surface area (Å²) in [5, 5.41) is 7.59. The monoisotopic (exact) mass is 538 g/mol. The molecular formula is C15H19ClN8O8S2. The van der Waals surface area contributed by atoms with E-state index < -0.39 is 46.9 Å². The molecule has 3 heterocycles. The molecule has 186 valence electrons. The topological polar surface area (TPSA) is 234 Å². The molecule has 0 aliphatic carbocycles. The Kier molecular flexibility index (Phi) is 8.74. The van der Waals surface area contributed by atoms with E-state index in [2.05, 4.69) is 25.2 Å². The van der Waals surface area contributed by atoms with Crippen molar-refractivity contribution in [3.63, 3.8) is 0 Å². The molecule has 0 radical (unpaired) electrons. The number of aromatic nitrogens is 3. The van der Waals surface area contributed by atoms with Crippen molar-refractivity contribution in [3.8, 4) is 0 Å². The number of oxime groups is 1. The van der Waals surface area contributed by atoms with Gasteiger partial charge in [0.2, 0.25) is 0 Å². The Labute approximate surface area is 202 Å². The minimum atomic E-state index is -4.98. The molecule has 3 rings (SSSR count). The van der Waals surface area contributed by atoms with Crippen LogP contribution in [0.2, 0.25) is 0 Å². The van der Waals surface area contributed by atoms with Gasteiger partial charge in [-0.2, -0.15) is 8.42 Å². The number of nitrogen functional groups attached to an aromatic ring is 1. The van der Waals surface area contributed by atoms with Gasteiger partial charge in [0.25, 0.3) is 11.8 Å². The summed E-state index contributed by atoms with van der Waals surface area (Å²) in [5.74, 6) is -2.12. The summed E-state index contributed by atoms with van der Waals surface area (Å²) in [6.07, 6.45) is 3.57. The first kappa shape index (κ1) is 26.8. The molecule has 1 aliphatic heterocycles. The van der Waals surface area contributed by atoms with E-state index >= 15 is 0 Å². The van der Waals surface area contributed by atoms with Crippen molar-refractivity contribution in [2.75, 3.05) is 18.9 Å². The number of carbonyl (C=O) groups excluding carboxylic acids is 3. The zero-order valence-electron chi connectivity index (χ0n) is 17.0. The third-order valence-electron chi connectivity index (χ3n) is 4.24. The normalized spacial score (nSPS) is 18.0. The van der Waals surface area contributed by atoms with Crippen LogP contribution in [0.5, 0.6) is 0 Å². The van der Waals surface area contributed by atoms with E-state index in [1.165, 1.54) is 5.38 Å². The van der Waals surface area contributed by atoms with Crippen molar-refractivity contribution in [3.05, 3.63) is 29.8 Å². The first-order valence-electron chi connectivity index (χ1n) is 8.98. The van der Waals surface area contributed by atoms with Gasteiger partial charge in [-0.3, -0.25) is 14.1 Å². The van der Waals surface area contributed by atoms with E-state index in [4.69, 9.17) is 16.3 Å². The molecule has 0 bridgehead atoms. The number of β-lactam (4-membered cyclic amide) rings is 1. The fraction of sp³-hybridized carbons (Fsp3) is 0.333. The number of imidazole rings is 1. The van der Waals surface area contributed by atoms with Crippen LogP contribution in [0.3, 0.4) is 0 Å². The van der Waals surface area contributed by atoms with Crippen LogP contribution in [-0.4, -0.2) is 80.7 Å². The molecule has 1 saturated heterocycles. The number of primary amides is 1. The maximum absolute atomic E-state index is 12.8. The third kappa shape index (κ3) is 6.31. The zero-order valence-corrected chi connectivity index (χ0v) is 19.5. The number of thiazole rings is 1. The molecule has 34 heavy (non-hydrogen) atoms. The number of ether oxygens (including phenoxy) is 1. The summed E-state index contributed by atoms with van der Waals surface area (Å²) < 4.78 is 38.4. The van der Waals surface area contributed by atoms with E-state index in [0.29, 0.717) is 6.54 Å². The predicted molar refractivity (Wildman–Crippen MR) is 118 cm³/mol. The van der Waals surface area contributed by atoms with E-state index in [-0.39, 0.29) is 39.9 Å². The number of anilines is 1. The Bertz CT molecular complexity index is 1170. The lowest BCUT2D eigenvalue weighted by molar-refractivity contribution is -0.146. The van der Waals surface area contributed by atoms with E-state index in [1.807, 2.05) is 0 Å². The van der Waals surface area contributed by atoms with Gasteiger partial charge in [-0.25, -0.2) is 19.1 Å². The second kappa shape index (κ2) is 11.1. The Morgan fingerprint density at radius 3 is 2.68 bits per heavy atom. The van der Waals surface area contributed by atoms with E-state index in [0.717, 1.165) is 11.3 Å². The molecule has 0 saturated carbocycles. The highest BCUT2D eigenvalue weighted by atomic mass is 35.5. The van der Waals surface area contributed by atoms with Crippen LogP contribution in [0.4, 0.5) is 9.93 Å². The van der Waals surface area contributed by atoms with Gasteiger partial charge in [-0.15, -0.1) is 23.7 Å². The van der Waals surface area contributed by atoms with Crippen molar-refractivity contribution in [1.82, 2.24) is 24.2 Å². The molecule has 0 aromatic carbocycles. The Balaban J connectivity index is 0.00000408. The molecule has 2 aromatic rings. The smallest absolute Gasteiger partial charge is 0.404 e. The fourth-order valence-corrected chi connectivity index (χ4v) is 4.19. The van der Waals surface area contributed by atoms with Gasteiger partial charge in [0.05, 0.1) is 12.9 Å². The predicted octanol–water partition coefficient (Wildman–Crippen LogP) is -1.64. The minimum absolute atomic E-state index is 0. The highest BCUT2D eigenvalue weighted by molar-refractivity contribution is 7.84. The lowest BCUT2D eigenvalue weighted by Crippen LogP contribution is -2.73. The zero-order chi connectivity index (χ0) is 24.2. The summed E-state index contributed by atoms with van der Waals surface area (Å²) in [4.78, 5) is 49.0. The third-order valence-corrected chi connectivity index (χ3v) is 5.86. The molecule has 1 aliphatic rings. The maximum atomic E-state index is 12.8. The number of halogens is 1. The number of hydrogen-bond donors (Lipinski definition) is 4. The van der Waals surface area contributed by atoms with Gasteiger partial charge in [-0.05, 0) is 0 Å².